The van der Waals surface area contributed by atoms with Crippen LogP contribution in [0, 0.1) is 0 Å². The van der Waals surface area contributed by atoms with Crippen molar-refractivity contribution in [3.63, 3.8) is 0 Å². The summed E-state index contributed by atoms with van der Waals surface area (Å²) < 4.78 is 6.19. The number of aromatic amines is 1. The van der Waals surface area contributed by atoms with Crippen LogP contribution in [0.25, 0.3) is 10.9 Å². The molecule has 81 heavy (non-hydrogen) atoms. The number of guanidine groups is 2. The lowest BCUT2D eigenvalue weighted by Gasteiger charge is -2.30. The highest BCUT2D eigenvalue weighted by Gasteiger charge is 2.37. The van der Waals surface area contributed by atoms with Gasteiger partial charge in [0.25, 0.3) is 0 Å². The van der Waals surface area contributed by atoms with Crippen LogP contribution in [0.1, 0.15) is 81.9 Å². The maximum atomic E-state index is 14.9. The standard InChI is InChI=1S/C55H76N16O10/c1-32(81-31-35-17-7-4-8-18-35)46-53(80)70-42(27-34-15-5-3-6-16-34)50(77)67-41(23-14-26-63-55(59)60)49(76)68-43(28-36-30-64-38-20-10-9-19-37(36)38)51(78)66-39(47(56)74)21-11-12-24-61-45(73)29-44(52(79)71-46)69-48(75)40(65-33(2)72)22-13-25-62-54(57)58/h3-10,15-20,30,32,39-44,46,64H,11-14,21-29,31H2,1-2H3,(H2,56,74)(H,61,73)(H,65,72)(H,66,78)(H,67,77)(H,68,76)(H,69,75)(H,70,80)(H,71,79)(H4,57,58,62)(H4,59,60,63)/t32-,39+,40+,41+,42-,43+,44+,46-/m1/s1. The molecular formula is C55H76N16O10. The summed E-state index contributed by atoms with van der Waals surface area (Å²) in [4.78, 5) is 138. The number of nitrogens with one attached hydrogen (secondary N) is 9. The number of para-hydroxylation sites is 1. The number of rotatable bonds is 20. The fourth-order valence-corrected chi connectivity index (χ4v) is 8.93. The Kier molecular flexibility index (Phi) is 24.9. The molecule has 19 N–H and O–H groups in total. The van der Waals surface area contributed by atoms with Gasteiger partial charge in [0.2, 0.25) is 53.2 Å². The number of ether oxygens (including phenoxy) is 1. The third-order valence-corrected chi connectivity index (χ3v) is 13.2. The lowest BCUT2D eigenvalue weighted by molar-refractivity contribution is -0.138. The molecule has 0 spiro atoms. The maximum absolute atomic E-state index is 14.9. The molecule has 1 saturated heterocycles. The molecule has 3 aromatic carbocycles. The van der Waals surface area contributed by atoms with E-state index in [1.54, 1.807) is 66.9 Å². The monoisotopic (exact) mass is 1120 g/mol. The first kappa shape index (κ1) is 62.8. The average Bonchev–Trinajstić information content (AvgIpc) is 4.07. The van der Waals surface area contributed by atoms with Crippen LogP contribution >= 0.6 is 0 Å². The first-order valence-electron chi connectivity index (χ1n) is 26.8. The number of hydrogen-bond donors (Lipinski definition) is 14. The number of carbonyl (C=O) groups excluding carboxylic acids is 9. The van der Waals surface area contributed by atoms with Crippen molar-refractivity contribution in [2.45, 2.75) is 133 Å². The van der Waals surface area contributed by atoms with Gasteiger partial charge in [-0.1, -0.05) is 78.9 Å². The quantitative estimate of drug-likeness (QED) is 0.0265. The SMILES string of the molecule is CC(=O)N[C@@H](CCCN=C(N)N)C(=O)N[C@H]1CC(=O)NCCCC[C@@H](C(N)=O)NC(=O)[C@H](Cc2c[nH]c3ccccc23)NC(=O)[C@H](CCCN=C(N)N)NC(=O)[C@@H](Cc2ccccc2)NC(=O)[C@@H]([C@@H](C)OCc2ccccc2)NC1=O. The van der Waals surface area contributed by atoms with Crippen molar-refractivity contribution in [1.29, 1.82) is 0 Å². The number of fused-ring (bicyclic) bond motifs is 1. The number of aromatic nitrogens is 1. The van der Waals surface area contributed by atoms with Crippen molar-refractivity contribution in [2.75, 3.05) is 19.6 Å². The minimum absolute atomic E-state index is 0.00287. The molecule has 4 aromatic rings. The van der Waals surface area contributed by atoms with Crippen LogP contribution in [-0.4, -0.2) is 138 Å². The normalized spacial score (nSPS) is 20.8. The highest BCUT2D eigenvalue weighted by atomic mass is 16.5. The number of benzene rings is 3. The van der Waals surface area contributed by atoms with Crippen LogP contribution in [-0.2, 0) is 67.3 Å². The number of H-pyrrole nitrogens is 1. The molecule has 0 saturated carbocycles. The number of primary amides is 1. The van der Waals surface area contributed by atoms with Crippen molar-refractivity contribution in [3.8, 4) is 0 Å². The molecule has 0 aliphatic carbocycles. The van der Waals surface area contributed by atoms with Gasteiger partial charge in [-0.15, -0.1) is 0 Å². The third-order valence-electron chi connectivity index (χ3n) is 13.2. The summed E-state index contributed by atoms with van der Waals surface area (Å²) in [5.41, 5.74) is 30.7. The van der Waals surface area contributed by atoms with Crippen molar-refractivity contribution < 1.29 is 47.9 Å². The molecule has 0 radical (unpaired) electrons. The van der Waals surface area contributed by atoms with E-state index in [4.69, 9.17) is 33.4 Å². The topological polar surface area (TPSA) is 430 Å². The number of nitrogens with zero attached hydrogens (tertiary/aromatic N) is 2. The Balaban J connectivity index is 1.57. The Morgan fingerprint density at radius 3 is 1.94 bits per heavy atom. The van der Waals surface area contributed by atoms with Crippen LogP contribution < -0.4 is 71.2 Å². The fraction of sp³-hybridized carbons (Fsp3) is 0.436. The van der Waals surface area contributed by atoms with Crippen molar-refractivity contribution in [3.05, 3.63) is 108 Å². The Morgan fingerprint density at radius 2 is 1.27 bits per heavy atom. The van der Waals surface area contributed by atoms with Crippen LogP contribution in [0.2, 0.25) is 0 Å². The van der Waals surface area contributed by atoms with Crippen LogP contribution in [0.4, 0.5) is 0 Å². The van der Waals surface area contributed by atoms with Gasteiger partial charge < -0.3 is 80.9 Å². The van der Waals surface area contributed by atoms with Crippen LogP contribution in [0.15, 0.2) is 101 Å². The first-order valence-corrected chi connectivity index (χ1v) is 26.8. The second kappa shape index (κ2) is 32.1. The highest BCUT2D eigenvalue weighted by Crippen LogP contribution is 2.20. The summed E-state index contributed by atoms with van der Waals surface area (Å²) in [5, 5.41) is 22.3. The minimum Gasteiger partial charge on any atom is -0.371 e. The van der Waals surface area contributed by atoms with Crippen molar-refractivity contribution >= 4 is 76.0 Å². The van der Waals surface area contributed by atoms with Gasteiger partial charge in [-0.25, -0.2) is 0 Å². The van der Waals surface area contributed by atoms with E-state index in [1.807, 2.05) is 24.3 Å². The van der Waals surface area contributed by atoms with Crippen LogP contribution in [0.5, 0.6) is 0 Å². The predicted octanol–water partition coefficient (Wildman–Crippen LogP) is -1.75. The Bertz CT molecular complexity index is 2840. The Labute approximate surface area is 469 Å². The molecule has 5 rings (SSSR count). The highest BCUT2D eigenvalue weighted by molar-refractivity contribution is 5.99. The zero-order valence-electron chi connectivity index (χ0n) is 45.5. The summed E-state index contributed by atoms with van der Waals surface area (Å²) in [6.07, 6.45) is 0.445. The molecule has 0 unspecified atom stereocenters. The van der Waals surface area contributed by atoms with Gasteiger partial charge in [-0.2, -0.15) is 0 Å². The van der Waals surface area contributed by atoms with E-state index in [9.17, 15) is 43.2 Å². The predicted molar refractivity (Wildman–Crippen MR) is 303 cm³/mol. The van der Waals surface area contributed by atoms with Crippen molar-refractivity contribution in [1.82, 2.24) is 47.5 Å². The molecule has 1 fully saturated rings. The zero-order chi connectivity index (χ0) is 58.8. The summed E-state index contributed by atoms with van der Waals surface area (Å²) in [6, 6.07) is 14.9. The summed E-state index contributed by atoms with van der Waals surface area (Å²) in [7, 11) is 0. The summed E-state index contributed by atoms with van der Waals surface area (Å²) in [6.45, 7) is 2.82. The van der Waals surface area contributed by atoms with Gasteiger partial charge in [0.1, 0.15) is 42.3 Å². The second-order valence-electron chi connectivity index (χ2n) is 19.7. The minimum atomic E-state index is -1.68. The molecule has 436 valence electrons. The van der Waals surface area contributed by atoms with E-state index in [-0.39, 0.29) is 95.9 Å². The molecule has 0 bridgehead atoms. The lowest BCUT2D eigenvalue weighted by atomic mass is 10.0. The smallest absolute Gasteiger partial charge is 0.245 e. The molecular weight excluding hydrogens is 1040 g/mol. The summed E-state index contributed by atoms with van der Waals surface area (Å²) >= 11 is 0. The fourth-order valence-electron chi connectivity index (χ4n) is 8.93. The van der Waals surface area contributed by atoms with E-state index >= 15 is 0 Å². The van der Waals surface area contributed by atoms with E-state index < -0.39 is 108 Å². The van der Waals surface area contributed by atoms with E-state index in [2.05, 4.69) is 57.5 Å². The molecule has 1 aliphatic heterocycles. The molecule has 1 aliphatic rings. The van der Waals surface area contributed by atoms with E-state index in [0.29, 0.717) is 16.7 Å². The molecule has 8 atom stereocenters. The second-order valence-corrected chi connectivity index (χ2v) is 19.7. The van der Waals surface area contributed by atoms with Gasteiger partial charge >= 0.3 is 0 Å². The Morgan fingerprint density at radius 1 is 0.679 bits per heavy atom. The number of nitrogens with two attached hydrogens (primary N) is 5. The van der Waals surface area contributed by atoms with Gasteiger partial charge in [-0.05, 0) is 74.6 Å². The van der Waals surface area contributed by atoms with Gasteiger partial charge in [0, 0.05) is 56.5 Å². The maximum Gasteiger partial charge on any atom is 0.245 e. The lowest BCUT2D eigenvalue weighted by Crippen LogP contribution is -2.62. The van der Waals surface area contributed by atoms with Crippen molar-refractivity contribution in [2.24, 2.45) is 38.7 Å². The number of hydrogen-bond acceptors (Lipinski definition) is 12. The molecule has 2 heterocycles. The number of amides is 9. The average molecular weight is 1120 g/mol. The first-order chi connectivity index (χ1) is 38.8. The van der Waals surface area contributed by atoms with E-state index in [0.717, 1.165) is 10.9 Å². The van der Waals surface area contributed by atoms with Gasteiger partial charge in [-0.3, -0.25) is 53.1 Å². The number of carbonyl (C=O) groups is 9. The van der Waals surface area contributed by atoms with Gasteiger partial charge in [0.05, 0.1) is 19.1 Å². The molecule has 9 amide bonds. The molecule has 26 nitrogen and oxygen atoms in total. The van der Waals surface area contributed by atoms with Gasteiger partial charge in [0.15, 0.2) is 11.9 Å². The Hall–Kier alpha value is -9.07. The largest absolute Gasteiger partial charge is 0.371 e. The third kappa shape index (κ3) is 21.3. The zero-order valence-corrected chi connectivity index (χ0v) is 45.5. The molecule has 26 heteroatoms. The number of aliphatic imine (C=N–C) groups is 2. The molecule has 1 aromatic heterocycles. The summed E-state index contributed by atoms with van der Waals surface area (Å²) in [5.74, 6) is -7.79. The van der Waals surface area contributed by atoms with E-state index in [1.165, 1.54) is 13.8 Å². The van der Waals surface area contributed by atoms with Crippen LogP contribution in [0.3, 0.4) is 0 Å².